The van der Waals surface area contributed by atoms with Crippen LogP contribution in [0.2, 0.25) is 0 Å². The number of carbonyl (C=O) groups excluding carboxylic acids is 2. The van der Waals surface area contributed by atoms with Crippen LogP contribution in [-0.2, 0) is 16.0 Å². The number of nitrogens with one attached hydrogen (secondary N) is 1. The number of rotatable bonds is 4. The molecular weight excluding hydrogens is 394 g/mol. The van der Waals surface area contributed by atoms with Crippen LogP contribution in [0.3, 0.4) is 0 Å². The van der Waals surface area contributed by atoms with Crippen molar-refractivity contribution in [2.24, 2.45) is 0 Å². The summed E-state index contributed by atoms with van der Waals surface area (Å²) in [7, 11) is 4.79. The molecule has 0 radical (unpaired) electrons. The van der Waals surface area contributed by atoms with Crippen LogP contribution in [-0.4, -0.2) is 60.5 Å². The number of aromatic amines is 1. The number of hydrogen-bond donors (Lipinski definition) is 1. The standard InChI is InChI=1S/C24H25N3O4/c1-26-21(28)13-18(24(26)29)27-11-10-16-15-6-4-5-7-17(15)25-22(16)23(27)14-8-9-19(30-2)20(12-14)31-3/h4-9,12,18,23,25H,10-11,13H2,1-3H3/t18-,23+/m0/s1. The lowest BCUT2D eigenvalue weighted by molar-refractivity contribution is -0.138. The fourth-order valence-corrected chi connectivity index (χ4v) is 4.97. The van der Waals surface area contributed by atoms with Crippen molar-refractivity contribution in [2.45, 2.75) is 24.9 Å². The van der Waals surface area contributed by atoms with E-state index in [1.807, 2.05) is 30.3 Å². The molecule has 0 spiro atoms. The number of ether oxygens (including phenoxy) is 2. The summed E-state index contributed by atoms with van der Waals surface area (Å²) >= 11 is 0. The van der Waals surface area contributed by atoms with Crippen LogP contribution in [0.5, 0.6) is 11.5 Å². The van der Waals surface area contributed by atoms with E-state index >= 15 is 0 Å². The Hall–Kier alpha value is -3.32. The number of fused-ring (bicyclic) bond motifs is 3. The molecule has 3 heterocycles. The molecule has 31 heavy (non-hydrogen) atoms. The number of aromatic nitrogens is 1. The predicted molar refractivity (Wildman–Crippen MR) is 116 cm³/mol. The molecule has 1 N–H and O–H groups in total. The van der Waals surface area contributed by atoms with Gasteiger partial charge >= 0.3 is 0 Å². The van der Waals surface area contributed by atoms with Crippen LogP contribution in [0.4, 0.5) is 0 Å². The molecule has 2 aliphatic heterocycles. The lowest BCUT2D eigenvalue weighted by Gasteiger charge is -2.39. The summed E-state index contributed by atoms with van der Waals surface area (Å²) in [5, 5.41) is 1.20. The third kappa shape index (κ3) is 2.99. The average molecular weight is 419 g/mol. The smallest absolute Gasteiger partial charge is 0.246 e. The van der Waals surface area contributed by atoms with Crippen molar-refractivity contribution >= 4 is 22.7 Å². The van der Waals surface area contributed by atoms with Gasteiger partial charge in [0, 0.05) is 30.2 Å². The minimum atomic E-state index is -0.477. The molecule has 1 fully saturated rings. The van der Waals surface area contributed by atoms with Gasteiger partial charge in [0.2, 0.25) is 11.8 Å². The van der Waals surface area contributed by atoms with Gasteiger partial charge in [-0.05, 0) is 35.7 Å². The number of carbonyl (C=O) groups is 2. The molecule has 0 unspecified atom stereocenters. The molecule has 2 amide bonds. The van der Waals surface area contributed by atoms with E-state index in [4.69, 9.17) is 9.47 Å². The maximum absolute atomic E-state index is 12.9. The highest BCUT2D eigenvalue weighted by molar-refractivity contribution is 6.05. The number of methoxy groups -OCH3 is 2. The average Bonchev–Trinajstić information content (AvgIpc) is 3.30. The molecule has 5 rings (SSSR count). The van der Waals surface area contributed by atoms with E-state index < -0.39 is 6.04 Å². The van der Waals surface area contributed by atoms with Gasteiger partial charge in [-0.3, -0.25) is 19.4 Å². The Kier molecular flexibility index (Phi) is 4.70. The molecular formula is C24H25N3O4. The van der Waals surface area contributed by atoms with E-state index in [9.17, 15) is 9.59 Å². The molecule has 1 aromatic heterocycles. The summed E-state index contributed by atoms with van der Waals surface area (Å²) in [6, 6.07) is 13.4. The van der Waals surface area contributed by atoms with E-state index in [1.54, 1.807) is 21.3 Å². The first-order valence-corrected chi connectivity index (χ1v) is 10.4. The zero-order chi connectivity index (χ0) is 21.7. The number of likely N-dealkylation sites (N-methyl/N-ethyl adjacent to an activating group) is 1. The summed E-state index contributed by atoms with van der Waals surface area (Å²) < 4.78 is 11.0. The molecule has 0 saturated carbocycles. The van der Waals surface area contributed by atoms with Gasteiger partial charge in [-0.25, -0.2) is 0 Å². The van der Waals surface area contributed by atoms with E-state index in [1.165, 1.54) is 15.8 Å². The number of likely N-dealkylation sites (tertiary alicyclic amines) is 1. The molecule has 1 saturated heterocycles. The molecule has 2 atom stereocenters. The van der Waals surface area contributed by atoms with Crippen molar-refractivity contribution in [1.29, 1.82) is 0 Å². The molecule has 7 heteroatoms. The van der Waals surface area contributed by atoms with Gasteiger partial charge in [0.25, 0.3) is 0 Å². The second-order valence-electron chi connectivity index (χ2n) is 8.08. The molecule has 0 aliphatic carbocycles. The molecule has 7 nitrogen and oxygen atoms in total. The van der Waals surface area contributed by atoms with Crippen LogP contribution in [0.1, 0.15) is 29.3 Å². The summed E-state index contributed by atoms with van der Waals surface area (Å²) in [5.74, 6) is 1.00. The predicted octanol–water partition coefficient (Wildman–Crippen LogP) is 2.89. The van der Waals surface area contributed by atoms with Crippen LogP contribution < -0.4 is 9.47 Å². The first-order chi connectivity index (χ1) is 15.0. The van der Waals surface area contributed by atoms with Gasteiger partial charge in [-0.2, -0.15) is 0 Å². The van der Waals surface area contributed by atoms with E-state index in [2.05, 4.69) is 22.0 Å². The highest BCUT2D eigenvalue weighted by Gasteiger charge is 2.45. The summed E-state index contributed by atoms with van der Waals surface area (Å²) in [6.45, 7) is 0.686. The second kappa shape index (κ2) is 7.42. The topological polar surface area (TPSA) is 74.9 Å². The number of H-pyrrole nitrogens is 1. The number of nitrogens with zero attached hydrogens (tertiary/aromatic N) is 2. The molecule has 2 aliphatic rings. The monoisotopic (exact) mass is 419 g/mol. The van der Waals surface area contributed by atoms with Gasteiger partial charge < -0.3 is 14.5 Å². The summed E-state index contributed by atoms with van der Waals surface area (Å²) in [5.41, 5.74) is 4.39. The highest BCUT2D eigenvalue weighted by Crippen LogP contribution is 2.42. The number of imide groups is 1. The van der Waals surface area contributed by atoms with Crippen LogP contribution in [0.25, 0.3) is 10.9 Å². The Labute approximate surface area is 180 Å². The number of para-hydroxylation sites is 1. The van der Waals surface area contributed by atoms with Crippen LogP contribution >= 0.6 is 0 Å². The van der Waals surface area contributed by atoms with Gasteiger partial charge in [0.05, 0.1) is 32.7 Å². The van der Waals surface area contributed by atoms with Gasteiger partial charge in [-0.15, -0.1) is 0 Å². The molecule has 3 aromatic rings. The Morgan fingerprint density at radius 3 is 2.52 bits per heavy atom. The van der Waals surface area contributed by atoms with Crippen molar-refractivity contribution < 1.29 is 19.1 Å². The number of amides is 2. The fraction of sp³-hybridized carbons (Fsp3) is 0.333. The van der Waals surface area contributed by atoms with Gasteiger partial charge in [0.1, 0.15) is 0 Å². The summed E-state index contributed by atoms with van der Waals surface area (Å²) in [6.07, 6.45) is 1.01. The van der Waals surface area contributed by atoms with Crippen LogP contribution in [0.15, 0.2) is 42.5 Å². The van der Waals surface area contributed by atoms with Gasteiger partial charge in [0.15, 0.2) is 11.5 Å². The second-order valence-corrected chi connectivity index (χ2v) is 8.08. The largest absolute Gasteiger partial charge is 0.493 e. The third-order valence-corrected chi connectivity index (χ3v) is 6.55. The SMILES string of the molecule is COc1ccc([C@@H]2c3[nH]c4ccccc4c3CCN2[C@H]2CC(=O)N(C)C2=O)cc1OC. The zero-order valence-corrected chi connectivity index (χ0v) is 17.8. The summed E-state index contributed by atoms with van der Waals surface area (Å²) in [4.78, 5) is 32.2. The zero-order valence-electron chi connectivity index (χ0n) is 17.8. The number of benzene rings is 2. The lowest BCUT2D eigenvalue weighted by Crippen LogP contribution is -2.46. The lowest BCUT2D eigenvalue weighted by atomic mass is 9.90. The first kappa shape index (κ1) is 19.6. The van der Waals surface area contributed by atoms with E-state index in [0.717, 1.165) is 23.2 Å². The van der Waals surface area contributed by atoms with Gasteiger partial charge in [-0.1, -0.05) is 24.3 Å². The Bertz CT molecular complexity index is 1180. The Morgan fingerprint density at radius 2 is 1.81 bits per heavy atom. The van der Waals surface area contributed by atoms with Crippen molar-refractivity contribution in [3.63, 3.8) is 0 Å². The van der Waals surface area contributed by atoms with Crippen molar-refractivity contribution in [1.82, 2.24) is 14.8 Å². The third-order valence-electron chi connectivity index (χ3n) is 6.55. The Balaban J connectivity index is 1.68. The maximum Gasteiger partial charge on any atom is 0.246 e. The van der Waals surface area contributed by atoms with Crippen molar-refractivity contribution in [3.8, 4) is 11.5 Å². The maximum atomic E-state index is 12.9. The molecule has 160 valence electrons. The van der Waals surface area contributed by atoms with E-state index in [-0.39, 0.29) is 24.3 Å². The Morgan fingerprint density at radius 1 is 1.03 bits per heavy atom. The van der Waals surface area contributed by atoms with Crippen molar-refractivity contribution in [3.05, 3.63) is 59.3 Å². The molecule has 2 aromatic carbocycles. The minimum absolute atomic E-state index is 0.136. The fourth-order valence-electron chi connectivity index (χ4n) is 4.97. The first-order valence-electron chi connectivity index (χ1n) is 10.4. The minimum Gasteiger partial charge on any atom is -0.493 e. The van der Waals surface area contributed by atoms with Crippen molar-refractivity contribution in [2.75, 3.05) is 27.8 Å². The highest BCUT2D eigenvalue weighted by atomic mass is 16.5. The number of hydrogen-bond acceptors (Lipinski definition) is 5. The normalized spacial score (nSPS) is 21.6. The molecule has 0 bridgehead atoms. The quantitative estimate of drug-likeness (QED) is 0.659. The van der Waals surface area contributed by atoms with E-state index in [0.29, 0.717) is 18.0 Å². The van der Waals surface area contributed by atoms with Crippen LogP contribution in [0, 0.1) is 0 Å².